The van der Waals surface area contributed by atoms with Crippen molar-refractivity contribution in [2.24, 2.45) is 0 Å². The Labute approximate surface area is 136 Å². The Bertz CT molecular complexity index is 597. The van der Waals surface area contributed by atoms with Gasteiger partial charge in [0.2, 0.25) is 0 Å². The zero-order chi connectivity index (χ0) is 16.8. The minimum atomic E-state index is -1.01. The Hall–Kier alpha value is -1.69. The minimum Gasteiger partial charge on any atom is -0.444 e. The highest BCUT2D eigenvalue weighted by molar-refractivity contribution is 5.69. The fourth-order valence-corrected chi connectivity index (χ4v) is 3.90. The number of hydrogen-bond acceptors (Lipinski definition) is 5. The fourth-order valence-electron chi connectivity index (χ4n) is 3.90. The summed E-state index contributed by atoms with van der Waals surface area (Å²) in [7, 11) is 0. The van der Waals surface area contributed by atoms with E-state index in [-0.39, 0.29) is 18.2 Å². The summed E-state index contributed by atoms with van der Waals surface area (Å²) in [6.45, 7) is 7.48. The van der Waals surface area contributed by atoms with Gasteiger partial charge in [0, 0.05) is 37.3 Å². The third-order valence-corrected chi connectivity index (χ3v) is 4.69. The molecule has 2 saturated heterocycles. The number of carbonyl (C=O) groups excluding carboxylic acids is 1. The molecule has 2 bridgehead atoms. The number of aromatic nitrogens is 2. The molecule has 2 atom stereocenters. The summed E-state index contributed by atoms with van der Waals surface area (Å²) in [5, 5.41) is 11.2. The first-order valence-corrected chi connectivity index (χ1v) is 8.21. The number of aryl methyl sites for hydroxylation is 1. The Morgan fingerprint density at radius 1 is 1.26 bits per heavy atom. The summed E-state index contributed by atoms with van der Waals surface area (Å²) in [6, 6.07) is -0.00925. The molecule has 0 radical (unpaired) electrons. The number of aliphatic hydroxyl groups is 1. The number of rotatable bonds is 1. The molecule has 1 aromatic heterocycles. The van der Waals surface area contributed by atoms with Gasteiger partial charge in [-0.3, -0.25) is 9.97 Å². The van der Waals surface area contributed by atoms with E-state index < -0.39 is 11.2 Å². The molecule has 1 amide bonds. The van der Waals surface area contributed by atoms with Gasteiger partial charge in [-0.15, -0.1) is 0 Å². The molecule has 6 nitrogen and oxygen atoms in total. The maximum absolute atomic E-state index is 12.5. The number of ether oxygens (including phenoxy) is 1. The van der Waals surface area contributed by atoms with Crippen LogP contribution in [0.5, 0.6) is 0 Å². The van der Waals surface area contributed by atoms with Gasteiger partial charge in [-0.1, -0.05) is 0 Å². The molecule has 0 aliphatic carbocycles. The molecular weight excluding hydrogens is 294 g/mol. The van der Waals surface area contributed by atoms with E-state index in [1.165, 1.54) is 0 Å². The van der Waals surface area contributed by atoms with Crippen LogP contribution in [-0.4, -0.2) is 43.8 Å². The Balaban J connectivity index is 1.82. The predicted octanol–water partition coefficient (Wildman–Crippen LogP) is 2.53. The number of fused-ring (bicyclic) bond motifs is 2. The Kier molecular flexibility index (Phi) is 3.83. The minimum absolute atomic E-state index is 0.00462. The lowest BCUT2D eigenvalue weighted by atomic mass is 9.82. The first-order chi connectivity index (χ1) is 10.7. The van der Waals surface area contributed by atoms with Crippen molar-refractivity contribution in [1.82, 2.24) is 14.9 Å². The van der Waals surface area contributed by atoms with Crippen LogP contribution < -0.4 is 0 Å². The van der Waals surface area contributed by atoms with Gasteiger partial charge in [-0.2, -0.15) is 0 Å². The maximum atomic E-state index is 12.5. The average molecular weight is 319 g/mol. The van der Waals surface area contributed by atoms with Crippen molar-refractivity contribution in [3.05, 3.63) is 23.8 Å². The highest BCUT2D eigenvalue weighted by atomic mass is 16.6. The van der Waals surface area contributed by atoms with Crippen LogP contribution in [0.15, 0.2) is 12.4 Å². The molecule has 3 heterocycles. The van der Waals surface area contributed by atoms with Crippen molar-refractivity contribution in [3.63, 3.8) is 0 Å². The molecule has 2 unspecified atom stereocenters. The molecule has 0 aromatic carbocycles. The highest BCUT2D eigenvalue weighted by Crippen LogP contribution is 2.46. The van der Waals surface area contributed by atoms with Gasteiger partial charge in [0.25, 0.3) is 0 Å². The summed E-state index contributed by atoms with van der Waals surface area (Å²) < 4.78 is 5.53. The summed E-state index contributed by atoms with van der Waals surface area (Å²) >= 11 is 0. The smallest absolute Gasteiger partial charge is 0.410 e. The average Bonchev–Trinajstić information content (AvgIpc) is 2.70. The zero-order valence-corrected chi connectivity index (χ0v) is 14.2. The largest absolute Gasteiger partial charge is 0.444 e. The number of nitrogens with zero attached hydrogens (tertiary/aromatic N) is 3. The normalized spacial score (nSPS) is 30.4. The maximum Gasteiger partial charge on any atom is 0.410 e. The molecule has 1 aromatic rings. The van der Waals surface area contributed by atoms with Gasteiger partial charge >= 0.3 is 6.09 Å². The first-order valence-electron chi connectivity index (χ1n) is 8.21. The van der Waals surface area contributed by atoms with E-state index in [1.807, 2.05) is 32.6 Å². The van der Waals surface area contributed by atoms with Gasteiger partial charge in [-0.25, -0.2) is 4.79 Å². The van der Waals surface area contributed by atoms with Crippen molar-refractivity contribution >= 4 is 6.09 Å². The highest BCUT2D eigenvalue weighted by Gasteiger charge is 2.52. The number of piperidine rings is 1. The van der Waals surface area contributed by atoms with Crippen LogP contribution in [-0.2, 0) is 10.3 Å². The molecule has 3 rings (SSSR count). The van der Waals surface area contributed by atoms with Crippen molar-refractivity contribution in [2.75, 3.05) is 0 Å². The number of hydrogen-bond donors (Lipinski definition) is 1. The van der Waals surface area contributed by atoms with Crippen LogP contribution in [0.25, 0.3) is 0 Å². The number of amides is 1. The second kappa shape index (κ2) is 5.44. The topological polar surface area (TPSA) is 75.6 Å². The van der Waals surface area contributed by atoms with Gasteiger partial charge in [0.15, 0.2) is 0 Å². The quantitative estimate of drug-likeness (QED) is 0.861. The molecule has 0 spiro atoms. The predicted molar refractivity (Wildman–Crippen MR) is 84.8 cm³/mol. The fraction of sp³-hybridized carbons (Fsp3) is 0.706. The SMILES string of the molecule is Cc1nccnc1C1(O)CC2CCC(C1)N2C(=O)OC(C)(C)C. The number of carbonyl (C=O) groups is 1. The third-order valence-electron chi connectivity index (χ3n) is 4.69. The van der Waals surface area contributed by atoms with Crippen molar-refractivity contribution < 1.29 is 14.6 Å². The zero-order valence-electron chi connectivity index (χ0n) is 14.2. The molecule has 0 saturated carbocycles. The standard InChI is InChI=1S/C17H25N3O3/c1-11-14(19-8-7-18-11)17(22)9-12-5-6-13(10-17)20(12)15(21)23-16(2,3)4/h7-8,12-13,22H,5-6,9-10H2,1-4H3. The molecule has 6 heteroatoms. The van der Waals surface area contributed by atoms with Crippen LogP contribution >= 0.6 is 0 Å². The van der Waals surface area contributed by atoms with E-state index in [0.29, 0.717) is 18.5 Å². The Morgan fingerprint density at radius 3 is 2.35 bits per heavy atom. The molecule has 2 aliphatic rings. The van der Waals surface area contributed by atoms with E-state index in [0.717, 1.165) is 18.5 Å². The van der Waals surface area contributed by atoms with Crippen LogP contribution in [0.4, 0.5) is 4.79 Å². The lowest BCUT2D eigenvalue weighted by Crippen LogP contribution is -2.53. The summed E-state index contributed by atoms with van der Waals surface area (Å²) in [4.78, 5) is 22.9. The van der Waals surface area contributed by atoms with Crippen molar-refractivity contribution in [3.8, 4) is 0 Å². The molecule has 126 valence electrons. The van der Waals surface area contributed by atoms with Crippen LogP contribution in [0, 0.1) is 6.92 Å². The molecule has 2 aliphatic heterocycles. The van der Waals surface area contributed by atoms with Crippen molar-refractivity contribution in [2.45, 2.75) is 76.7 Å². The van der Waals surface area contributed by atoms with Gasteiger partial charge in [-0.05, 0) is 40.5 Å². The van der Waals surface area contributed by atoms with E-state index in [9.17, 15) is 9.90 Å². The molecular formula is C17H25N3O3. The molecule has 1 N–H and O–H groups in total. The van der Waals surface area contributed by atoms with Crippen LogP contribution in [0.2, 0.25) is 0 Å². The monoisotopic (exact) mass is 319 g/mol. The Morgan fingerprint density at radius 2 is 1.83 bits per heavy atom. The van der Waals surface area contributed by atoms with E-state index in [1.54, 1.807) is 12.4 Å². The van der Waals surface area contributed by atoms with Crippen LogP contribution in [0.1, 0.15) is 57.8 Å². The van der Waals surface area contributed by atoms with Gasteiger partial charge < -0.3 is 14.7 Å². The van der Waals surface area contributed by atoms with Gasteiger partial charge in [0.05, 0.1) is 11.4 Å². The summed E-state index contributed by atoms with van der Waals surface area (Å²) in [5.41, 5.74) is -0.130. The second-order valence-electron chi connectivity index (χ2n) is 7.70. The first kappa shape index (κ1) is 16.2. The summed E-state index contributed by atoms with van der Waals surface area (Å²) in [6.07, 6.45) is 5.74. The second-order valence-corrected chi connectivity index (χ2v) is 7.70. The summed E-state index contributed by atoms with van der Waals surface area (Å²) in [5.74, 6) is 0. The lowest BCUT2D eigenvalue weighted by molar-refractivity contribution is -0.0652. The third kappa shape index (κ3) is 3.04. The van der Waals surface area contributed by atoms with E-state index in [4.69, 9.17) is 4.74 Å². The van der Waals surface area contributed by atoms with E-state index in [2.05, 4.69) is 9.97 Å². The molecule has 2 fully saturated rings. The van der Waals surface area contributed by atoms with Gasteiger partial charge in [0.1, 0.15) is 11.2 Å². The van der Waals surface area contributed by atoms with Crippen molar-refractivity contribution in [1.29, 1.82) is 0 Å². The van der Waals surface area contributed by atoms with E-state index >= 15 is 0 Å². The van der Waals surface area contributed by atoms with Crippen LogP contribution in [0.3, 0.4) is 0 Å². The molecule has 23 heavy (non-hydrogen) atoms. The lowest BCUT2D eigenvalue weighted by Gasteiger charge is -2.43.